The summed E-state index contributed by atoms with van der Waals surface area (Å²) in [7, 11) is 0. The summed E-state index contributed by atoms with van der Waals surface area (Å²) in [6, 6.07) is 8.33. The quantitative estimate of drug-likeness (QED) is 0.850. The number of piperidine rings is 1. The predicted molar refractivity (Wildman–Crippen MR) is 70.1 cm³/mol. The van der Waals surface area contributed by atoms with Gasteiger partial charge in [0.25, 0.3) is 0 Å². The van der Waals surface area contributed by atoms with Gasteiger partial charge in [-0.05, 0) is 30.0 Å². The Hall–Kier alpha value is -1.35. The van der Waals surface area contributed by atoms with Gasteiger partial charge in [-0.1, -0.05) is 26.0 Å². The highest BCUT2D eigenvalue weighted by atomic mass is 16.2. The van der Waals surface area contributed by atoms with Crippen molar-refractivity contribution in [1.82, 2.24) is 0 Å². The second-order valence-electron chi connectivity index (χ2n) is 5.05. The highest BCUT2D eigenvalue weighted by molar-refractivity contribution is 5.94. The third-order valence-corrected chi connectivity index (χ3v) is 3.32. The average molecular weight is 232 g/mol. The summed E-state index contributed by atoms with van der Waals surface area (Å²) in [5.74, 6) is 0.701. The second-order valence-corrected chi connectivity index (χ2v) is 5.05. The highest BCUT2D eigenvalue weighted by Crippen LogP contribution is 2.23. The lowest BCUT2D eigenvalue weighted by Crippen LogP contribution is -2.46. The third-order valence-electron chi connectivity index (χ3n) is 3.32. The number of carbonyl (C=O) groups is 1. The second kappa shape index (κ2) is 4.88. The van der Waals surface area contributed by atoms with Gasteiger partial charge < -0.3 is 10.6 Å². The van der Waals surface area contributed by atoms with E-state index in [0.29, 0.717) is 18.9 Å². The summed E-state index contributed by atoms with van der Waals surface area (Å²) >= 11 is 0. The van der Waals surface area contributed by atoms with Crippen LogP contribution in [0.15, 0.2) is 24.3 Å². The molecule has 17 heavy (non-hydrogen) atoms. The number of hydrogen-bond acceptors (Lipinski definition) is 2. The first kappa shape index (κ1) is 12.1. The molecule has 0 radical (unpaired) electrons. The van der Waals surface area contributed by atoms with E-state index in [9.17, 15) is 4.79 Å². The first-order chi connectivity index (χ1) is 8.08. The molecule has 0 saturated carbocycles. The molecule has 1 saturated heterocycles. The van der Waals surface area contributed by atoms with E-state index in [4.69, 9.17) is 5.73 Å². The molecule has 1 fully saturated rings. The molecule has 1 aromatic rings. The van der Waals surface area contributed by atoms with Crippen molar-refractivity contribution in [3.8, 4) is 0 Å². The van der Waals surface area contributed by atoms with Gasteiger partial charge >= 0.3 is 0 Å². The van der Waals surface area contributed by atoms with Crippen LogP contribution in [0.3, 0.4) is 0 Å². The van der Waals surface area contributed by atoms with Gasteiger partial charge in [0.1, 0.15) is 0 Å². The highest BCUT2D eigenvalue weighted by Gasteiger charge is 2.24. The molecule has 1 amide bonds. The molecule has 0 bridgehead atoms. The van der Waals surface area contributed by atoms with E-state index < -0.39 is 0 Å². The molecular formula is C14H20N2O. The van der Waals surface area contributed by atoms with Crippen LogP contribution < -0.4 is 10.6 Å². The number of amides is 1. The molecule has 1 unspecified atom stereocenters. The smallest absolute Gasteiger partial charge is 0.227 e. The van der Waals surface area contributed by atoms with Crippen LogP contribution >= 0.6 is 0 Å². The van der Waals surface area contributed by atoms with Crippen LogP contribution in [-0.4, -0.2) is 18.5 Å². The first-order valence-electron chi connectivity index (χ1n) is 6.24. The summed E-state index contributed by atoms with van der Waals surface area (Å²) in [5, 5.41) is 0. The Balaban J connectivity index is 2.18. The van der Waals surface area contributed by atoms with Crippen LogP contribution in [0.25, 0.3) is 0 Å². The van der Waals surface area contributed by atoms with Crippen molar-refractivity contribution in [2.75, 3.05) is 11.4 Å². The van der Waals surface area contributed by atoms with E-state index >= 15 is 0 Å². The minimum atomic E-state index is 0.109. The van der Waals surface area contributed by atoms with Crippen LogP contribution in [0.1, 0.15) is 38.2 Å². The zero-order valence-corrected chi connectivity index (χ0v) is 10.5. The summed E-state index contributed by atoms with van der Waals surface area (Å²) in [5.41, 5.74) is 8.17. The minimum absolute atomic E-state index is 0.109. The van der Waals surface area contributed by atoms with E-state index in [2.05, 4.69) is 26.0 Å². The standard InChI is InChI=1S/C14H20N2O/c1-10(2)11-3-6-13(7-4-11)16-9-12(15)5-8-14(16)17/h3-4,6-7,10,12H,5,8-9,15H2,1-2H3. The van der Waals surface area contributed by atoms with Crippen LogP contribution in [0.5, 0.6) is 0 Å². The van der Waals surface area contributed by atoms with Gasteiger partial charge in [-0.25, -0.2) is 0 Å². The lowest BCUT2D eigenvalue weighted by atomic mass is 10.0. The maximum atomic E-state index is 11.8. The monoisotopic (exact) mass is 232 g/mol. The molecule has 2 rings (SSSR count). The zero-order valence-electron chi connectivity index (χ0n) is 10.5. The van der Waals surface area contributed by atoms with Gasteiger partial charge in [-0.2, -0.15) is 0 Å². The molecule has 1 aliphatic heterocycles. The number of hydrogen-bond donors (Lipinski definition) is 1. The Morgan fingerprint density at radius 1 is 1.29 bits per heavy atom. The molecule has 2 N–H and O–H groups in total. The topological polar surface area (TPSA) is 46.3 Å². The van der Waals surface area contributed by atoms with Crippen molar-refractivity contribution in [2.24, 2.45) is 5.73 Å². The Kier molecular flexibility index (Phi) is 3.48. The molecule has 1 atom stereocenters. The van der Waals surface area contributed by atoms with Gasteiger partial charge in [0.05, 0.1) is 0 Å². The predicted octanol–water partition coefficient (Wildman–Crippen LogP) is 2.26. The molecule has 1 aromatic carbocycles. The molecule has 1 heterocycles. The molecule has 92 valence electrons. The number of nitrogens with two attached hydrogens (primary N) is 1. The molecule has 0 aliphatic carbocycles. The van der Waals surface area contributed by atoms with Gasteiger partial charge in [0, 0.05) is 24.7 Å². The number of nitrogens with zero attached hydrogens (tertiary/aromatic N) is 1. The van der Waals surface area contributed by atoms with E-state index in [1.165, 1.54) is 5.56 Å². The number of rotatable bonds is 2. The van der Waals surface area contributed by atoms with Crippen molar-refractivity contribution in [1.29, 1.82) is 0 Å². The summed E-state index contributed by atoms with van der Waals surface area (Å²) in [6.07, 6.45) is 1.37. The van der Waals surface area contributed by atoms with Crippen LogP contribution in [0.4, 0.5) is 5.69 Å². The molecule has 0 spiro atoms. The van der Waals surface area contributed by atoms with Crippen LogP contribution in [-0.2, 0) is 4.79 Å². The van der Waals surface area contributed by atoms with Crippen molar-refractivity contribution < 1.29 is 4.79 Å². The van der Waals surface area contributed by atoms with Crippen molar-refractivity contribution >= 4 is 11.6 Å². The van der Waals surface area contributed by atoms with Crippen LogP contribution in [0, 0.1) is 0 Å². The Morgan fingerprint density at radius 2 is 1.94 bits per heavy atom. The fourth-order valence-electron chi connectivity index (χ4n) is 2.16. The van der Waals surface area contributed by atoms with Gasteiger partial charge in [0.2, 0.25) is 5.91 Å². The normalized spacial score (nSPS) is 21.1. The minimum Gasteiger partial charge on any atom is -0.326 e. The molecule has 3 heteroatoms. The Bertz CT molecular complexity index is 397. The molecular weight excluding hydrogens is 212 g/mol. The van der Waals surface area contributed by atoms with E-state index in [1.54, 1.807) is 4.90 Å². The molecule has 3 nitrogen and oxygen atoms in total. The Morgan fingerprint density at radius 3 is 2.53 bits per heavy atom. The average Bonchev–Trinajstić information content (AvgIpc) is 2.32. The largest absolute Gasteiger partial charge is 0.326 e. The van der Waals surface area contributed by atoms with Crippen molar-refractivity contribution in [3.05, 3.63) is 29.8 Å². The summed E-state index contributed by atoms with van der Waals surface area (Å²) in [4.78, 5) is 13.6. The number of anilines is 1. The fourth-order valence-corrected chi connectivity index (χ4v) is 2.16. The molecule has 0 aromatic heterocycles. The van der Waals surface area contributed by atoms with Gasteiger partial charge in [0.15, 0.2) is 0 Å². The number of carbonyl (C=O) groups excluding carboxylic acids is 1. The lowest BCUT2D eigenvalue weighted by Gasteiger charge is -2.30. The summed E-state index contributed by atoms with van der Waals surface area (Å²) < 4.78 is 0. The molecule has 1 aliphatic rings. The van der Waals surface area contributed by atoms with E-state index in [1.807, 2.05) is 12.1 Å². The maximum absolute atomic E-state index is 11.8. The van der Waals surface area contributed by atoms with Gasteiger partial charge in [-0.3, -0.25) is 4.79 Å². The van der Waals surface area contributed by atoms with E-state index in [0.717, 1.165) is 12.1 Å². The van der Waals surface area contributed by atoms with Crippen molar-refractivity contribution in [2.45, 2.75) is 38.6 Å². The van der Waals surface area contributed by atoms with Crippen molar-refractivity contribution in [3.63, 3.8) is 0 Å². The van der Waals surface area contributed by atoms with E-state index in [-0.39, 0.29) is 11.9 Å². The Labute approximate surface area is 103 Å². The third kappa shape index (κ3) is 2.67. The SMILES string of the molecule is CC(C)c1ccc(N2CC(N)CCC2=O)cc1. The first-order valence-corrected chi connectivity index (χ1v) is 6.24. The number of benzene rings is 1. The van der Waals surface area contributed by atoms with Gasteiger partial charge in [-0.15, -0.1) is 0 Å². The fraction of sp³-hybridized carbons (Fsp3) is 0.500. The summed E-state index contributed by atoms with van der Waals surface area (Å²) in [6.45, 7) is 4.97. The zero-order chi connectivity index (χ0) is 12.4. The maximum Gasteiger partial charge on any atom is 0.227 e. The van der Waals surface area contributed by atoms with Crippen LogP contribution in [0.2, 0.25) is 0 Å². The lowest BCUT2D eigenvalue weighted by molar-refractivity contribution is -0.119.